The molecule has 0 spiro atoms. The normalized spacial score (nSPS) is 11.9. The predicted molar refractivity (Wildman–Crippen MR) is 85.3 cm³/mol. The van der Waals surface area contributed by atoms with Gasteiger partial charge in [-0.05, 0) is 38.1 Å². The summed E-state index contributed by atoms with van der Waals surface area (Å²) < 4.78 is 10.8. The van der Waals surface area contributed by atoms with Gasteiger partial charge in [0.15, 0.2) is 6.10 Å². The van der Waals surface area contributed by atoms with Crippen LogP contribution in [0, 0.1) is 6.92 Å². The highest BCUT2D eigenvalue weighted by atomic mass is 16.5. The monoisotopic (exact) mass is 308 g/mol. The molecule has 0 aliphatic carbocycles. The zero-order valence-corrected chi connectivity index (χ0v) is 12.9. The number of aryl methyl sites for hydroxylation is 1. The minimum atomic E-state index is -0.563. The highest BCUT2D eigenvalue weighted by molar-refractivity contribution is 5.99. The van der Waals surface area contributed by atoms with Crippen molar-refractivity contribution in [3.05, 3.63) is 66.1 Å². The van der Waals surface area contributed by atoms with Crippen LogP contribution < -0.4 is 4.74 Å². The van der Waals surface area contributed by atoms with E-state index in [9.17, 15) is 4.79 Å². The lowest BCUT2D eigenvalue weighted by Crippen LogP contribution is -2.23. The second-order valence-corrected chi connectivity index (χ2v) is 5.26. The van der Waals surface area contributed by atoms with Gasteiger partial charge in [-0.2, -0.15) is 0 Å². The Morgan fingerprint density at radius 3 is 2.39 bits per heavy atom. The Kier molecular flexibility index (Phi) is 4.19. The fourth-order valence-electron chi connectivity index (χ4n) is 2.19. The Labute approximate surface area is 133 Å². The van der Waals surface area contributed by atoms with Gasteiger partial charge < -0.3 is 9.15 Å². The lowest BCUT2D eigenvalue weighted by Gasteiger charge is -2.14. The molecule has 0 aliphatic rings. The molecule has 0 saturated heterocycles. The number of ether oxygens (including phenoxy) is 1. The van der Waals surface area contributed by atoms with Crippen LogP contribution in [0.1, 0.15) is 22.8 Å². The summed E-state index contributed by atoms with van der Waals surface area (Å²) in [5, 5.41) is 7.48. The molecular weight excluding hydrogens is 292 g/mol. The lowest BCUT2D eigenvalue weighted by atomic mass is 10.1. The molecule has 3 rings (SSSR count). The van der Waals surface area contributed by atoms with Crippen molar-refractivity contribution in [3.8, 4) is 17.2 Å². The summed E-state index contributed by atoms with van der Waals surface area (Å²) in [6.07, 6.45) is 0.717. The maximum Gasteiger partial charge on any atom is 0.247 e. The maximum absolute atomic E-state index is 12.4. The third kappa shape index (κ3) is 3.45. The first-order chi connectivity index (χ1) is 11.1. The number of ketones is 1. The number of Topliss-reactive ketones (excluding diaryl/α,β-unsaturated/α-hetero) is 1. The van der Waals surface area contributed by atoms with Crippen molar-refractivity contribution in [2.24, 2.45) is 0 Å². The van der Waals surface area contributed by atoms with E-state index in [1.807, 2.05) is 43.3 Å². The molecule has 1 aromatic heterocycles. The lowest BCUT2D eigenvalue weighted by molar-refractivity contribution is 0.0818. The fraction of sp³-hybridized carbons (Fsp3) is 0.167. The van der Waals surface area contributed by atoms with Gasteiger partial charge in [-0.15, -0.1) is 10.2 Å². The summed E-state index contributed by atoms with van der Waals surface area (Å²) in [4.78, 5) is 12.4. The van der Waals surface area contributed by atoms with Crippen LogP contribution in [0.2, 0.25) is 0 Å². The summed E-state index contributed by atoms with van der Waals surface area (Å²) >= 11 is 0. The molecule has 0 radical (unpaired) electrons. The van der Waals surface area contributed by atoms with Crippen LogP contribution in [0.5, 0.6) is 5.75 Å². The molecule has 116 valence electrons. The van der Waals surface area contributed by atoms with Crippen molar-refractivity contribution in [3.63, 3.8) is 0 Å². The molecule has 3 aromatic rings. The van der Waals surface area contributed by atoms with Crippen LogP contribution >= 0.6 is 0 Å². The molecule has 0 amide bonds. The van der Waals surface area contributed by atoms with E-state index in [4.69, 9.17) is 9.15 Å². The number of carbonyl (C=O) groups excluding carboxylic acids is 1. The first-order valence-corrected chi connectivity index (χ1v) is 7.27. The molecule has 0 N–H and O–H groups in total. The molecular formula is C18H16N2O3. The van der Waals surface area contributed by atoms with Crippen molar-refractivity contribution in [2.75, 3.05) is 0 Å². The van der Waals surface area contributed by atoms with Gasteiger partial charge in [0, 0.05) is 11.1 Å². The topological polar surface area (TPSA) is 65.2 Å². The number of benzene rings is 2. The van der Waals surface area contributed by atoms with Crippen molar-refractivity contribution in [2.45, 2.75) is 20.0 Å². The molecule has 23 heavy (non-hydrogen) atoms. The fourth-order valence-corrected chi connectivity index (χ4v) is 2.19. The van der Waals surface area contributed by atoms with E-state index < -0.39 is 6.10 Å². The molecule has 2 aromatic carbocycles. The van der Waals surface area contributed by atoms with E-state index >= 15 is 0 Å². The molecule has 1 atom stereocenters. The van der Waals surface area contributed by atoms with Crippen LogP contribution in [0.4, 0.5) is 0 Å². The van der Waals surface area contributed by atoms with Gasteiger partial charge in [-0.25, -0.2) is 0 Å². The van der Waals surface area contributed by atoms with Crippen molar-refractivity contribution in [1.82, 2.24) is 10.2 Å². The first kappa shape index (κ1) is 15.0. The number of hydrogen-bond acceptors (Lipinski definition) is 5. The third-order valence-electron chi connectivity index (χ3n) is 3.48. The van der Waals surface area contributed by atoms with Gasteiger partial charge in [0.05, 0.1) is 0 Å². The minimum Gasteiger partial charge on any atom is -0.483 e. The van der Waals surface area contributed by atoms with Crippen LogP contribution in [-0.4, -0.2) is 22.1 Å². The van der Waals surface area contributed by atoms with Gasteiger partial charge in [-0.1, -0.05) is 29.8 Å². The van der Waals surface area contributed by atoms with Gasteiger partial charge in [0.2, 0.25) is 18.1 Å². The van der Waals surface area contributed by atoms with E-state index in [0.29, 0.717) is 17.2 Å². The van der Waals surface area contributed by atoms with Crippen LogP contribution in [-0.2, 0) is 0 Å². The molecule has 0 saturated carbocycles. The first-order valence-electron chi connectivity index (χ1n) is 7.27. The van der Waals surface area contributed by atoms with Crippen LogP contribution in [0.3, 0.4) is 0 Å². The minimum absolute atomic E-state index is 0.0500. The van der Waals surface area contributed by atoms with E-state index in [2.05, 4.69) is 10.2 Å². The number of carbonyl (C=O) groups is 1. The average Bonchev–Trinajstić information content (AvgIpc) is 3.10. The van der Waals surface area contributed by atoms with Crippen LogP contribution in [0.15, 0.2) is 59.3 Å². The smallest absolute Gasteiger partial charge is 0.247 e. The van der Waals surface area contributed by atoms with Crippen molar-refractivity contribution >= 4 is 5.78 Å². The van der Waals surface area contributed by atoms with E-state index in [0.717, 1.165) is 11.1 Å². The second kappa shape index (κ2) is 6.44. The maximum atomic E-state index is 12.4. The Bertz CT molecular complexity index is 778. The molecule has 0 fully saturated rings. The zero-order valence-electron chi connectivity index (χ0n) is 12.9. The molecule has 1 heterocycles. The van der Waals surface area contributed by atoms with E-state index in [1.54, 1.807) is 19.1 Å². The number of rotatable bonds is 5. The summed E-state index contributed by atoms with van der Waals surface area (Å²) in [5.41, 5.74) is 2.56. The van der Waals surface area contributed by atoms with Crippen molar-refractivity contribution < 1.29 is 13.9 Å². The van der Waals surface area contributed by atoms with Gasteiger partial charge in [0.25, 0.3) is 0 Å². The summed E-state index contributed by atoms with van der Waals surface area (Å²) in [7, 11) is 0. The number of hydrogen-bond donors (Lipinski definition) is 0. The quantitative estimate of drug-likeness (QED) is 0.672. The predicted octanol–water partition coefficient (Wildman–Crippen LogP) is 3.70. The third-order valence-corrected chi connectivity index (χ3v) is 3.48. The van der Waals surface area contributed by atoms with Gasteiger partial charge in [0.1, 0.15) is 5.75 Å². The molecule has 5 nitrogen and oxygen atoms in total. The standard InChI is InChI=1S/C18H16N2O3/c1-12-3-5-14(6-4-12)17(21)13(2)23-16-9-7-15(8-10-16)18-20-19-11-22-18/h3-11,13H,1-2H3/t13-/m1/s1. The highest BCUT2D eigenvalue weighted by Gasteiger charge is 2.17. The summed E-state index contributed by atoms with van der Waals surface area (Å²) in [6, 6.07) is 14.6. The van der Waals surface area contributed by atoms with Gasteiger partial charge in [-0.3, -0.25) is 4.79 Å². The second-order valence-electron chi connectivity index (χ2n) is 5.26. The van der Waals surface area contributed by atoms with E-state index in [-0.39, 0.29) is 5.78 Å². The Morgan fingerprint density at radius 1 is 1.09 bits per heavy atom. The molecule has 0 bridgehead atoms. The largest absolute Gasteiger partial charge is 0.483 e. The zero-order chi connectivity index (χ0) is 16.2. The highest BCUT2D eigenvalue weighted by Crippen LogP contribution is 2.21. The SMILES string of the molecule is Cc1ccc(C(=O)[C@@H](C)Oc2ccc(-c3nnco3)cc2)cc1. The van der Waals surface area contributed by atoms with Crippen molar-refractivity contribution in [1.29, 1.82) is 0 Å². The Hall–Kier alpha value is -2.95. The Morgan fingerprint density at radius 2 is 1.78 bits per heavy atom. The van der Waals surface area contributed by atoms with Gasteiger partial charge >= 0.3 is 0 Å². The molecule has 5 heteroatoms. The number of nitrogens with zero attached hydrogens (tertiary/aromatic N) is 2. The van der Waals surface area contributed by atoms with Crippen LogP contribution in [0.25, 0.3) is 11.5 Å². The summed E-state index contributed by atoms with van der Waals surface area (Å²) in [5.74, 6) is 1.01. The molecule has 0 unspecified atom stereocenters. The average molecular weight is 308 g/mol. The Balaban J connectivity index is 1.68. The van der Waals surface area contributed by atoms with E-state index in [1.165, 1.54) is 6.39 Å². The number of aromatic nitrogens is 2. The summed E-state index contributed by atoms with van der Waals surface area (Å²) in [6.45, 7) is 3.73. The molecule has 0 aliphatic heterocycles.